The first-order valence-electron chi connectivity index (χ1n) is 16.8. The van der Waals surface area contributed by atoms with Gasteiger partial charge in [-0.05, 0) is 25.7 Å². The van der Waals surface area contributed by atoms with Crippen LogP contribution in [-0.2, 0) is 9.53 Å². The third-order valence-corrected chi connectivity index (χ3v) is 8.19. The van der Waals surface area contributed by atoms with Crippen molar-refractivity contribution in [2.45, 2.75) is 201 Å². The van der Waals surface area contributed by atoms with Gasteiger partial charge < -0.3 is 4.74 Å². The van der Waals surface area contributed by atoms with Gasteiger partial charge in [-0.15, -0.1) is 0 Å². The Morgan fingerprint density at radius 1 is 0.417 bits per heavy atom. The number of ether oxygens (including phenoxy) is 1. The van der Waals surface area contributed by atoms with E-state index in [9.17, 15) is 4.79 Å². The smallest absolute Gasteiger partial charge is 0.312 e. The third-order valence-electron chi connectivity index (χ3n) is 8.19. The van der Waals surface area contributed by atoms with E-state index >= 15 is 0 Å². The van der Waals surface area contributed by atoms with Crippen molar-refractivity contribution in [1.29, 1.82) is 0 Å². The Balaban J connectivity index is 4.98. The van der Waals surface area contributed by atoms with Crippen LogP contribution >= 0.6 is 0 Å². The Labute approximate surface area is 228 Å². The van der Waals surface area contributed by atoms with Gasteiger partial charge in [-0.3, -0.25) is 4.79 Å². The highest BCUT2D eigenvalue weighted by molar-refractivity contribution is 5.76. The Morgan fingerprint density at radius 2 is 0.694 bits per heavy atom. The number of unbranched alkanes of at least 4 members (excludes halogenated alkanes) is 20. The van der Waals surface area contributed by atoms with Crippen molar-refractivity contribution in [2.24, 2.45) is 5.41 Å². The summed E-state index contributed by atoms with van der Waals surface area (Å²) in [6.45, 7) is 9.75. The standard InChI is InChI=1S/C34H68O2/c1-5-9-13-17-21-25-29-34(30-26-22-18-14-10-6-2,31-27-23-19-15-11-7-3)33(35)36-32-28-24-20-16-12-8-4/h5-32H2,1-4H3. The summed E-state index contributed by atoms with van der Waals surface area (Å²) in [4.78, 5) is 13.7. The molecule has 0 aromatic carbocycles. The zero-order valence-electron chi connectivity index (χ0n) is 25.6. The van der Waals surface area contributed by atoms with Crippen molar-refractivity contribution in [3.8, 4) is 0 Å². The van der Waals surface area contributed by atoms with Crippen LogP contribution < -0.4 is 0 Å². The average Bonchev–Trinajstić information content (AvgIpc) is 2.89. The second-order valence-corrected chi connectivity index (χ2v) is 11.7. The molecule has 0 rings (SSSR count). The molecule has 0 atom stereocenters. The first-order chi connectivity index (χ1) is 17.7. The van der Waals surface area contributed by atoms with E-state index in [2.05, 4.69) is 27.7 Å². The SMILES string of the molecule is CCCCCCCCOC(=O)C(CCCCCCCC)(CCCCCCCC)CCCCCCCC. The van der Waals surface area contributed by atoms with Crippen LogP contribution in [0.5, 0.6) is 0 Å². The van der Waals surface area contributed by atoms with Gasteiger partial charge in [0.1, 0.15) is 0 Å². The van der Waals surface area contributed by atoms with Gasteiger partial charge in [0.2, 0.25) is 0 Å². The van der Waals surface area contributed by atoms with Gasteiger partial charge in [0, 0.05) is 0 Å². The van der Waals surface area contributed by atoms with Crippen molar-refractivity contribution in [1.82, 2.24) is 0 Å². The predicted octanol–water partition coefficient (Wildman–Crippen LogP) is 12.1. The van der Waals surface area contributed by atoms with E-state index < -0.39 is 0 Å². The van der Waals surface area contributed by atoms with Crippen molar-refractivity contribution >= 4 is 5.97 Å². The van der Waals surface area contributed by atoms with E-state index in [1.807, 2.05) is 0 Å². The molecule has 0 aliphatic rings. The van der Waals surface area contributed by atoms with Gasteiger partial charge in [0.15, 0.2) is 0 Å². The second kappa shape index (κ2) is 27.5. The molecule has 0 aromatic heterocycles. The fraction of sp³-hybridized carbons (Fsp3) is 0.971. The lowest BCUT2D eigenvalue weighted by Crippen LogP contribution is -2.34. The number of esters is 1. The Hall–Kier alpha value is -0.530. The van der Waals surface area contributed by atoms with Crippen molar-refractivity contribution < 1.29 is 9.53 Å². The van der Waals surface area contributed by atoms with Crippen LogP contribution in [0, 0.1) is 5.41 Å². The molecule has 0 aromatic rings. The summed E-state index contributed by atoms with van der Waals surface area (Å²) in [5.41, 5.74) is -0.220. The summed E-state index contributed by atoms with van der Waals surface area (Å²) in [7, 11) is 0. The fourth-order valence-electron chi connectivity index (χ4n) is 5.61. The zero-order valence-corrected chi connectivity index (χ0v) is 25.6. The molecule has 0 amide bonds. The maximum absolute atomic E-state index is 13.7. The van der Waals surface area contributed by atoms with E-state index in [0.29, 0.717) is 6.61 Å². The van der Waals surface area contributed by atoms with Gasteiger partial charge in [0.05, 0.1) is 12.0 Å². The summed E-state index contributed by atoms with van der Waals surface area (Å²) in [5, 5.41) is 0. The molecular weight excluding hydrogens is 440 g/mol. The molecule has 216 valence electrons. The molecule has 0 radical (unpaired) electrons. The number of carbonyl (C=O) groups excluding carboxylic acids is 1. The largest absolute Gasteiger partial charge is 0.465 e. The Bertz CT molecular complexity index is 404. The van der Waals surface area contributed by atoms with Gasteiger partial charge in [-0.2, -0.15) is 0 Å². The lowest BCUT2D eigenvalue weighted by atomic mass is 9.74. The second-order valence-electron chi connectivity index (χ2n) is 11.7. The molecular formula is C34H68O2. The zero-order chi connectivity index (χ0) is 26.6. The van der Waals surface area contributed by atoms with E-state index in [4.69, 9.17) is 4.74 Å². The molecule has 0 spiro atoms. The van der Waals surface area contributed by atoms with Crippen molar-refractivity contribution in [3.05, 3.63) is 0 Å². The molecule has 0 aliphatic carbocycles. The monoisotopic (exact) mass is 509 g/mol. The summed E-state index contributed by atoms with van der Waals surface area (Å²) >= 11 is 0. The Morgan fingerprint density at radius 3 is 1.03 bits per heavy atom. The quantitative estimate of drug-likeness (QED) is 0.0741. The van der Waals surface area contributed by atoms with Crippen LogP contribution in [0.15, 0.2) is 0 Å². The molecule has 36 heavy (non-hydrogen) atoms. The number of rotatable bonds is 29. The topological polar surface area (TPSA) is 26.3 Å². The molecule has 0 fully saturated rings. The first kappa shape index (κ1) is 35.5. The lowest BCUT2D eigenvalue weighted by molar-refractivity contribution is -0.158. The number of carbonyl (C=O) groups is 1. The van der Waals surface area contributed by atoms with Crippen molar-refractivity contribution in [3.63, 3.8) is 0 Å². The molecule has 0 saturated heterocycles. The number of hydrogen-bond donors (Lipinski definition) is 0. The molecule has 2 nitrogen and oxygen atoms in total. The van der Waals surface area contributed by atoms with E-state index in [1.54, 1.807) is 0 Å². The Kier molecular flexibility index (Phi) is 27.1. The highest BCUT2D eigenvalue weighted by atomic mass is 16.5. The maximum atomic E-state index is 13.7. The maximum Gasteiger partial charge on any atom is 0.312 e. The van der Waals surface area contributed by atoms with Crippen LogP contribution in [0.1, 0.15) is 201 Å². The van der Waals surface area contributed by atoms with E-state index in [-0.39, 0.29) is 11.4 Å². The highest BCUT2D eigenvalue weighted by Crippen LogP contribution is 2.39. The lowest BCUT2D eigenvalue weighted by Gasteiger charge is -2.32. The predicted molar refractivity (Wildman–Crippen MR) is 161 cm³/mol. The molecule has 0 aliphatic heterocycles. The van der Waals surface area contributed by atoms with Gasteiger partial charge in [0.25, 0.3) is 0 Å². The van der Waals surface area contributed by atoms with Gasteiger partial charge in [-0.1, -0.05) is 175 Å². The van der Waals surface area contributed by atoms with Crippen LogP contribution in [0.2, 0.25) is 0 Å². The van der Waals surface area contributed by atoms with Crippen LogP contribution in [-0.4, -0.2) is 12.6 Å². The highest BCUT2D eigenvalue weighted by Gasteiger charge is 2.38. The van der Waals surface area contributed by atoms with Crippen LogP contribution in [0.25, 0.3) is 0 Å². The molecule has 2 heteroatoms. The normalized spacial score (nSPS) is 11.8. The minimum absolute atomic E-state index is 0.159. The first-order valence-corrected chi connectivity index (χ1v) is 16.8. The third kappa shape index (κ3) is 20.5. The summed E-state index contributed by atoms with van der Waals surface area (Å²) in [6.07, 6.45) is 34.0. The number of hydrogen-bond acceptors (Lipinski definition) is 2. The van der Waals surface area contributed by atoms with Crippen molar-refractivity contribution in [2.75, 3.05) is 6.61 Å². The average molecular weight is 509 g/mol. The molecule has 0 heterocycles. The molecule has 0 saturated carbocycles. The fourth-order valence-corrected chi connectivity index (χ4v) is 5.61. The van der Waals surface area contributed by atoms with Gasteiger partial charge in [-0.25, -0.2) is 0 Å². The van der Waals surface area contributed by atoms with E-state index in [1.165, 1.54) is 148 Å². The molecule has 0 unspecified atom stereocenters. The minimum atomic E-state index is -0.220. The van der Waals surface area contributed by atoms with E-state index in [0.717, 1.165) is 25.7 Å². The van der Waals surface area contributed by atoms with Gasteiger partial charge >= 0.3 is 5.97 Å². The summed E-state index contributed by atoms with van der Waals surface area (Å²) in [6, 6.07) is 0. The summed E-state index contributed by atoms with van der Waals surface area (Å²) < 4.78 is 6.06. The molecule has 0 bridgehead atoms. The summed E-state index contributed by atoms with van der Waals surface area (Å²) in [5.74, 6) is 0.159. The van der Waals surface area contributed by atoms with Crippen LogP contribution in [0.3, 0.4) is 0 Å². The minimum Gasteiger partial charge on any atom is -0.465 e. The van der Waals surface area contributed by atoms with Crippen LogP contribution in [0.4, 0.5) is 0 Å². The molecule has 0 N–H and O–H groups in total.